The Bertz CT molecular complexity index is 198. The van der Waals surface area contributed by atoms with Crippen molar-refractivity contribution in [1.82, 2.24) is 5.32 Å². The fraction of sp³-hybridized carbons (Fsp3) is 1.00. The monoisotopic (exact) mass is 195 g/mol. The topological polar surface area (TPSA) is 21.3 Å². The van der Waals surface area contributed by atoms with Crippen molar-refractivity contribution in [2.75, 3.05) is 13.2 Å². The molecule has 1 aliphatic heterocycles. The first-order valence-electron chi connectivity index (χ1n) is 6.28. The largest absolute Gasteiger partial charge is 0.376 e. The van der Waals surface area contributed by atoms with Gasteiger partial charge in [-0.15, -0.1) is 0 Å². The molecule has 0 spiro atoms. The smallest absolute Gasteiger partial charge is 0.0756 e. The molecule has 3 aliphatic rings. The van der Waals surface area contributed by atoms with Crippen LogP contribution in [0.1, 0.15) is 38.5 Å². The Hall–Kier alpha value is -0.0800. The van der Waals surface area contributed by atoms with Crippen LogP contribution in [0, 0.1) is 11.8 Å². The van der Waals surface area contributed by atoms with Crippen LogP contribution in [0.4, 0.5) is 0 Å². The summed E-state index contributed by atoms with van der Waals surface area (Å²) in [5.74, 6) is 1.88. The number of ether oxygens (including phenoxy) is 1. The molecule has 0 aromatic heterocycles. The molecule has 2 nitrogen and oxygen atoms in total. The molecule has 14 heavy (non-hydrogen) atoms. The predicted molar refractivity (Wildman–Crippen MR) is 56.2 cm³/mol. The Morgan fingerprint density at radius 1 is 1.07 bits per heavy atom. The number of nitrogens with one attached hydrogen (secondary N) is 1. The predicted octanol–water partition coefficient (Wildman–Crippen LogP) is 1.94. The summed E-state index contributed by atoms with van der Waals surface area (Å²) in [5.41, 5.74) is 0. The highest BCUT2D eigenvalue weighted by molar-refractivity contribution is 4.94. The Balaban J connectivity index is 1.45. The van der Waals surface area contributed by atoms with E-state index in [1.807, 2.05) is 0 Å². The standard InChI is InChI=1S/C12H21NO/c1-2-9(3-1)8-13-11-6-7-14-12(11)10-4-5-10/h9-13H,1-8H2. The quantitative estimate of drug-likeness (QED) is 0.740. The molecular formula is C12H21NO. The zero-order valence-corrected chi connectivity index (χ0v) is 8.87. The van der Waals surface area contributed by atoms with Crippen molar-refractivity contribution < 1.29 is 4.74 Å². The molecule has 0 aromatic rings. The van der Waals surface area contributed by atoms with Gasteiger partial charge in [0.15, 0.2) is 0 Å². The number of hydrogen-bond donors (Lipinski definition) is 1. The molecule has 1 N–H and O–H groups in total. The van der Waals surface area contributed by atoms with E-state index in [0.717, 1.165) is 18.4 Å². The number of hydrogen-bond acceptors (Lipinski definition) is 2. The van der Waals surface area contributed by atoms with Gasteiger partial charge in [0.2, 0.25) is 0 Å². The first-order chi connectivity index (χ1) is 6.93. The Morgan fingerprint density at radius 3 is 2.57 bits per heavy atom. The molecule has 3 rings (SSSR count). The molecule has 2 atom stereocenters. The van der Waals surface area contributed by atoms with Crippen LogP contribution < -0.4 is 5.32 Å². The summed E-state index contributed by atoms with van der Waals surface area (Å²) in [6.45, 7) is 2.24. The minimum Gasteiger partial charge on any atom is -0.376 e. The molecule has 80 valence electrons. The summed E-state index contributed by atoms with van der Waals surface area (Å²) in [4.78, 5) is 0. The van der Waals surface area contributed by atoms with E-state index in [0.29, 0.717) is 12.1 Å². The van der Waals surface area contributed by atoms with Crippen LogP contribution in [0.3, 0.4) is 0 Å². The zero-order valence-electron chi connectivity index (χ0n) is 8.87. The van der Waals surface area contributed by atoms with E-state index in [-0.39, 0.29) is 0 Å². The lowest BCUT2D eigenvalue weighted by molar-refractivity contribution is 0.0794. The van der Waals surface area contributed by atoms with Gasteiger partial charge in [-0.3, -0.25) is 0 Å². The molecule has 0 aromatic carbocycles. The van der Waals surface area contributed by atoms with Crippen LogP contribution >= 0.6 is 0 Å². The van der Waals surface area contributed by atoms with E-state index in [4.69, 9.17) is 4.74 Å². The van der Waals surface area contributed by atoms with Crippen LogP contribution in [0.25, 0.3) is 0 Å². The molecule has 2 unspecified atom stereocenters. The molecule has 1 saturated heterocycles. The maximum atomic E-state index is 5.81. The maximum absolute atomic E-state index is 5.81. The third-order valence-electron chi connectivity index (χ3n) is 4.12. The van der Waals surface area contributed by atoms with Crippen molar-refractivity contribution in [3.63, 3.8) is 0 Å². The van der Waals surface area contributed by atoms with Gasteiger partial charge in [-0.25, -0.2) is 0 Å². The maximum Gasteiger partial charge on any atom is 0.0756 e. The lowest BCUT2D eigenvalue weighted by Crippen LogP contribution is -2.41. The van der Waals surface area contributed by atoms with Gasteiger partial charge in [-0.05, 0) is 50.5 Å². The van der Waals surface area contributed by atoms with E-state index < -0.39 is 0 Å². The lowest BCUT2D eigenvalue weighted by Gasteiger charge is -2.28. The van der Waals surface area contributed by atoms with Gasteiger partial charge in [-0.2, -0.15) is 0 Å². The summed E-state index contributed by atoms with van der Waals surface area (Å²) < 4.78 is 5.81. The summed E-state index contributed by atoms with van der Waals surface area (Å²) in [7, 11) is 0. The van der Waals surface area contributed by atoms with Gasteiger partial charge in [0.1, 0.15) is 0 Å². The van der Waals surface area contributed by atoms with Crippen LogP contribution in [0.15, 0.2) is 0 Å². The van der Waals surface area contributed by atoms with E-state index in [1.54, 1.807) is 0 Å². The highest BCUT2D eigenvalue weighted by Gasteiger charge is 2.40. The van der Waals surface area contributed by atoms with Crippen molar-refractivity contribution in [1.29, 1.82) is 0 Å². The molecule has 2 heteroatoms. The molecular weight excluding hydrogens is 174 g/mol. The van der Waals surface area contributed by atoms with Gasteiger partial charge in [0, 0.05) is 12.6 Å². The van der Waals surface area contributed by atoms with Crippen molar-refractivity contribution in [3.05, 3.63) is 0 Å². The molecule has 2 aliphatic carbocycles. The highest BCUT2D eigenvalue weighted by Crippen LogP contribution is 2.39. The normalized spacial score (nSPS) is 38.6. The first kappa shape index (κ1) is 9.17. The number of rotatable bonds is 4. The molecule has 1 heterocycles. The lowest BCUT2D eigenvalue weighted by atomic mass is 9.85. The average molecular weight is 195 g/mol. The van der Waals surface area contributed by atoms with Gasteiger partial charge >= 0.3 is 0 Å². The fourth-order valence-corrected chi connectivity index (χ4v) is 2.73. The zero-order chi connectivity index (χ0) is 9.38. The van der Waals surface area contributed by atoms with Crippen LogP contribution in [0.2, 0.25) is 0 Å². The Morgan fingerprint density at radius 2 is 1.93 bits per heavy atom. The van der Waals surface area contributed by atoms with Gasteiger partial charge < -0.3 is 10.1 Å². The minimum atomic E-state index is 0.565. The average Bonchev–Trinajstić information content (AvgIpc) is 2.85. The van der Waals surface area contributed by atoms with E-state index in [9.17, 15) is 0 Å². The van der Waals surface area contributed by atoms with Crippen LogP contribution in [-0.4, -0.2) is 25.3 Å². The molecule has 0 radical (unpaired) electrons. The van der Waals surface area contributed by atoms with Crippen LogP contribution in [-0.2, 0) is 4.74 Å². The second-order valence-electron chi connectivity index (χ2n) is 5.27. The Labute approximate surface area is 86.4 Å². The third-order valence-corrected chi connectivity index (χ3v) is 4.12. The summed E-state index contributed by atoms with van der Waals surface area (Å²) in [6.07, 6.45) is 8.99. The second kappa shape index (κ2) is 3.82. The van der Waals surface area contributed by atoms with E-state index >= 15 is 0 Å². The van der Waals surface area contributed by atoms with Gasteiger partial charge in [-0.1, -0.05) is 6.42 Å². The fourth-order valence-electron chi connectivity index (χ4n) is 2.73. The van der Waals surface area contributed by atoms with Crippen molar-refractivity contribution in [2.24, 2.45) is 11.8 Å². The first-order valence-corrected chi connectivity index (χ1v) is 6.28. The molecule has 0 amide bonds. The van der Waals surface area contributed by atoms with E-state index in [1.165, 1.54) is 45.1 Å². The molecule has 3 fully saturated rings. The summed E-state index contributed by atoms with van der Waals surface area (Å²) in [5, 5.41) is 3.73. The summed E-state index contributed by atoms with van der Waals surface area (Å²) in [6, 6.07) is 0.683. The van der Waals surface area contributed by atoms with Gasteiger partial charge in [0.25, 0.3) is 0 Å². The highest BCUT2D eigenvalue weighted by atomic mass is 16.5. The molecule has 0 bridgehead atoms. The van der Waals surface area contributed by atoms with Crippen LogP contribution in [0.5, 0.6) is 0 Å². The SMILES string of the molecule is C1CC(CNC2CCOC2C2CC2)C1. The Kier molecular flexibility index (Phi) is 2.50. The second-order valence-corrected chi connectivity index (χ2v) is 5.27. The summed E-state index contributed by atoms with van der Waals surface area (Å²) >= 11 is 0. The van der Waals surface area contributed by atoms with Crippen molar-refractivity contribution in [3.8, 4) is 0 Å². The minimum absolute atomic E-state index is 0.565. The van der Waals surface area contributed by atoms with Crippen molar-refractivity contribution >= 4 is 0 Å². The van der Waals surface area contributed by atoms with Crippen molar-refractivity contribution in [2.45, 2.75) is 50.7 Å². The van der Waals surface area contributed by atoms with Gasteiger partial charge in [0.05, 0.1) is 6.10 Å². The van der Waals surface area contributed by atoms with E-state index in [2.05, 4.69) is 5.32 Å². The third kappa shape index (κ3) is 1.82. The molecule has 2 saturated carbocycles.